The highest BCUT2D eigenvalue weighted by molar-refractivity contribution is 7.13. The zero-order chi connectivity index (χ0) is 14.2. The van der Waals surface area contributed by atoms with Crippen molar-refractivity contribution in [2.24, 2.45) is 5.92 Å². The number of hydrogen-bond acceptors (Lipinski definition) is 3. The van der Waals surface area contributed by atoms with Crippen LogP contribution in [-0.2, 0) is 6.42 Å². The largest absolute Gasteiger partial charge is 0.316 e. The lowest BCUT2D eigenvalue weighted by Gasteiger charge is -2.12. The molecule has 0 saturated carbocycles. The van der Waals surface area contributed by atoms with Gasteiger partial charge >= 0.3 is 0 Å². The minimum absolute atomic E-state index is 0.810. The normalized spacial score (nSPS) is 11.2. The molecular weight excluding hydrogens is 264 g/mol. The van der Waals surface area contributed by atoms with Gasteiger partial charge in [-0.15, -0.1) is 11.3 Å². The number of rotatable bonds is 8. The van der Waals surface area contributed by atoms with Gasteiger partial charge in [0.05, 0.1) is 5.69 Å². The van der Waals surface area contributed by atoms with E-state index >= 15 is 0 Å². The first-order chi connectivity index (χ1) is 9.83. The van der Waals surface area contributed by atoms with Crippen molar-refractivity contribution in [3.63, 3.8) is 0 Å². The zero-order valence-corrected chi connectivity index (χ0v) is 13.2. The van der Waals surface area contributed by atoms with Gasteiger partial charge in [0.2, 0.25) is 0 Å². The van der Waals surface area contributed by atoms with E-state index in [0.29, 0.717) is 0 Å². The predicted octanol–water partition coefficient (Wildman–Crippen LogP) is 4.38. The van der Waals surface area contributed by atoms with Crippen LogP contribution in [0.4, 0.5) is 0 Å². The predicted molar refractivity (Wildman–Crippen MR) is 88.2 cm³/mol. The number of aromatic nitrogens is 1. The summed E-state index contributed by atoms with van der Waals surface area (Å²) in [6.07, 6.45) is 3.54. The van der Waals surface area contributed by atoms with Crippen LogP contribution in [-0.4, -0.2) is 18.1 Å². The van der Waals surface area contributed by atoms with Gasteiger partial charge in [0, 0.05) is 23.9 Å². The lowest BCUT2D eigenvalue weighted by molar-refractivity contribution is 0.451. The van der Waals surface area contributed by atoms with Crippen molar-refractivity contribution >= 4 is 11.3 Å². The monoisotopic (exact) mass is 288 g/mol. The molecule has 1 aromatic heterocycles. The van der Waals surface area contributed by atoms with Crippen LogP contribution in [0, 0.1) is 5.92 Å². The summed E-state index contributed by atoms with van der Waals surface area (Å²) in [5, 5.41) is 6.86. The van der Waals surface area contributed by atoms with Crippen molar-refractivity contribution in [1.29, 1.82) is 0 Å². The molecule has 0 saturated heterocycles. The molecule has 108 valence electrons. The van der Waals surface area contributed by atoms with Crippen molar-refractivity contribution in [3.8, 4) is 10.6 Å². The number of benzene rings is 1. The SMILES string of the molecule is CCC(CC)CNCCc1csc(-c2ccccc2)n1. The zero-order valence-electron chi connectivity index (χ0n) is 12.4. The molecule has 0 fully saturated rings. The third-order valence-electron chi connectivity index (χ3n) is 3.72. The van der Waals surface area contributed by atoms with E-state index in [9.17, 15) is 0 Å². The van der Waals surface area contributed by atoms with Gasteiger partial charge in [-0.2, -0.15) is 0 Å². The number of nitrogens with one attached hydrogen (secondary N) is 1. The summed E-state index contributed by atoms with van der Waals surface area (Å²) < 4.78 is 0. The van der Waals surface area contributed by atoms with E-state index in [4.69, 9.17) is 4.98 Å². The van der Waals surface area contributed by atoms with Gasteiger partial charge in [0.25, 0.3) is 0 Å². The fraction of sp³-hybridized carbons (Fsp3) is 0.471. The molecule has 0 bridgehead atoms. The van der Waals surface area contributed by atoms with Crippen molar-refractivity contribution in [3.05, 3.63) is 41.4 Å². The van der Waals surface area contributed by atoms with Gasteiger partial charge < -0.3 is 5.32 Å². The highest BCUT2D eigenvalue weighted by atomic mass is 32.1. The molecule has 0 atom stereocenters. The maximum Gasteiger partial charge on any atom is 0.123 e. The van der Waals surface area contributed by atoms with Crippen LogP contribution in [0.15, 0.2) is 35.7 Å². The van der Waals surface area contributed by atoms with Gasteiger partial charge in [0.15, 0.2) is 0 Å². The maximum absolute atomic E-state index is 4.72. The average molecular weight is 288 g/mol. The van der Waals surface area contributed by atoms with Crippen LogP contribution < -0.4 is 5.32 Å². The molecule has 0 aliphatic heterocycles. The first-order valence-corrected chi connectivity index (χ1v) is 8.42. The summed E-state index contributed by atoms with van der Waals surface area (Å²) in [7, 11) is 0. The smallest absolute Gasteiger partial charge is 0.123 e. The second kappa shape index (κ2) is 8.18. The standard InChI is InChI=1S/C17H24N2S/c1-3-14(4-2)12-18-11-10-16-13-20-17(19-16)15-8-6-5-7-9-15/h5-9,13-14,18H,3-4,10-12H2,1-2H3. The molecular formula is C17H24N2S. The lowest BCUT2D eigenvalue weighted by Crippen LogP contribution is -2.24. The molecule has 3 heteroatoms. The first-order valence-electron chi connectivity index (χ1n) is 7.54. The van der Waals surface area contributed by atoms with Crippen LogP contribution in [0.25, 0.3) is 10.6 Å². The lowest BCUT2D eigenvalue weighted by atomic mass is 10.0. The number of nitrogens with zero attached hydrogens (tertiary/aromatic N) is 1. The topological polar surface area (TPSA) is 24.9 Å². The Morgan fingerprint density at radius 1 is 1.15 bits per heavy atom. The first kappa shape index (κ1) is 15.2. The molecule has 2 nitrogen and oxygen atoms in total. The minimum Gasteiger partial charge on any atom is -0.316 e. The van der Waals surface area contributed by atoms with Gasteiger partial charge in [-0.1, -0.05) is 57.0 Å². The van der Waals surface area contributed by atoms with Crippen molar-refractivity contribution in [2.75, 3.05) is 13.1 Å². The number of hydrogen-bond donors (Lipinski definition) is 1. The molecule has 1 aromatic carbocycles. The van der Waals surface area contributed by atoms with E-state index in [1.807, 2.05) is 6.07 Å². The van der Waals surface area contributed by atoms with Crippen LogP contribution in [0.2, 0.25) is 0 Å². The fourth-order valence-electron chi connectivity index (χ4n) is 2.24. The summed E-state index contributed by atoms with van der Waals surface area (Å²) >= 11 is 1.74. The Kier molecular flexibility index (Phi) is 6.22. The van der Waals surface area contributed by atoms with Gasteiger partial charge in [-0.05, 0) is 12.5 Å². The van der Waals surface area contributed by atoms with E-state index in [1.165, 1.54) is 24.1 Å². The third kappa shape index (κ3) is 4.43. The van der Waals surface area contributed by atoms with Crippen molar-refractivity contribution in [2.45, 2.75) is 33.1 Å². The molecule has 1 N–H and O–H groups in total. The van der Waals surface area contributed by atoms with Gasteiger partial charge in [0.1, 0.15) is 5.01 Å². The van der Waals surface area contributed by atoms with E-state index in [-0.39, 0.29) is 0 Å². The summed E-state index contributed by atoms with van der Waals surface area (Å²) in [5.41, 5.74) is 2.42. The Morgan fingerprint density at radius 3 is 2.60 bits per heavy atom. The molecule has 0 aliphatic rings. The molecule has 0 unspecified atom stereocenters. The maximum atomic E-state index is 4.72. The molecule has 0 amide bonds. The summed E-state index contributed by atoms with van der Waals surface area (Å²) in [5.74, 6) is 0.810. The molecule has 2 aromatic rings. The summed E-state index contributed by atoms with van der Waals surface area (Å²) in [6.45, 7) is 6.68. The molecule has 0 spiro atoms. The number of thiazole rings is 1. The fourth-order valence-corrected chi connectivity index (χ4v) is 3.10. The van der Waals surface area contributed by atoms with E-state index in [2.05, 4.69) is 48.8 Å². The Balaban J connectivity index is 1.79. The second-order valence-electron chi connectivity index (χ2n) is 5.15. The summed E-state index contributed by atoms with van der Waals surface area (Å²) in [4.78, 5) is 4.72. The molecule has 2 rings (SSSR count). The second-order valence-corrected chi connectivity index (χ2v) is 6.00. The van der Waals surface area contributed by atoms with E-state index in [1.54, 1.807) is 11.3 Å². The van der Waals surface area contributed by atoms with Crippen LogP contribution in [0.3, 0.4) is 0 Å². The van der Waals surface area contributed by atoms with Crippen molar-refractivity contribution < 1.29 is 0 Å². The van der Waals surface area contributed by atoms with Crippen LogP contribution in [0.5, 0.6) is 0 Å². The third-order valence-corrected chi connectivity index (χ3v) is 4.66. The summed E-state index contributed by atoms with van der Waals surface area (Å²) in [6, 6.07) is 10.4. The van der Waals surface area contributed by atoms with Crippen LogP contribution >= 0.6 is 11.3 Å². The Morgan fingerprint density at radius 2 is 1.90 bits per heavy atom. The highest BCUT2D eigenvalue weighted by Crippen LogP contribution is 2.23. The van der Waals surface area contributed by atoms with E-state index in [0.717, 1.165) is 30.4 Å². The Bertz CT molecular complexity index is 489. The van der Waals surface area contributed by atoms with Gasteiger partial charge in [-0.25, -0.2) is 4.98 Å². The Labute approximate surface area is 126 Å². The Hall–Kier alpha value is -1.19. The highest BCUT2D eigenvalue weighted by Gasteiger charge is 2.05. The van der Waals surface area contributed by atoms with Crippen LogP contribution in [0.1, 0.15) is 32.4 Å². The van der Waals surface area contributed by atoms with Gasteiger partial charge in [-0.3, -0.25) is 0 Å². The molecule has 1 heterocycles. The molecule has 20 heavy (non-hydrogen) atoms. The van der Waals surface area contributed by atoms with E-state index < -0.39 is 0 Å². The molecule has 0 aliphatic carbocycles. The average Bonchev–Trinajstić information content (AvgIpc) is 2.97. The molecule has 0 radical (unpaired) electrons. The van der Waals surface area contributed by atoms with Crippen molar-refractivity contribution in [1.82, 2.24) is 10.3 Å². The quantitative estimate of drug-likeness (QED) is 0.729. The minimum atomic E-state index is 0.810.